The highest BCUT2D eigenvalue weighted by atomic mass is 16.1. The molecule has 1 saturated carbocycles. The zero-order chi connectivity index (χ0) is 11.5. The molecule has 1 amide bonds. The average Bonchev–Trinajstić information content (AvgIpc) is 2.25. The molecule has 1 aromatic carbocycles. The van der Waals surface area contributed by atoms with E-state index >= 15 is 0 Å². The van der Waals surface area contributed by atoms with Crippen LogP contribution in [-0.2, 0) is 11.2 Å². The van der Waals surface area contributed by atoms with E-state index in [2.05, 4.69) is 12.2 Å². The van der Waals surface area contributed by atoms with Crippen molar-refractivity contribution in [1.29, 1.82) is 0 Å². The van der Waals surface area contributed by atoms with Gasteiger partial charge in [-0.15, -0.1) is 0 Å². The zero-order valence-corrected chi connectivity index (χ0v) is 9.57. The number of benzene rings is 1. The van der Waals surface area contributed by atoms with Gasteiger partial charge in [0.25, 0.3) is 0 Å². The van der Waals surface area contributed by atoms with Gasteiger partial charge in [0.05, 0.1) is 0 Å². The van der Waals surface area contributed by atoms with E-state index in [9.17, 15) is 4.79 Å². The lowest BCUT2D eigenvalue weighted by Gasteiger charge is -2.31. The number of nitrogens with two attached hydrogens (primary N) is 1. The number of anilines is 1. The monoisotopic (exact) mass is 218 g/mol. The lowest BCUT2D eigenvalue weighted by Crippen LogP contribution is -2.42. The van der Waals surface area contributed by atoms with Crippen LogP contribution in [-0.4, -0.2) is 11.9 Å². The number of aryl methyl sites for hydroxylation is 1. The number of amides is 1. The summed E-state index contributed by atoms with van der Waals surface area (Å²) in [6.45, 7) is 2.09. The van der Waals surface area contributed by atoms with Crippen molar-refractivity contribution in [1.82, 2.24) is 0 Å². The molecule has 0 bridgehead atoms. The predicted molar refractivity (Wildman–Crippen MR) is 65.1 cm³/mol. The number of hydrogen-bond donors (Lipinski definition) is 2. The molecule has 1 aliphatic carbocycles. The number of carbonyl (C=O) groups excluding carboxylic acids is 1. The molecule has 86 valence electrons. The molecule has 0 radical (unpaired) electrons. The largest absolute Gasteiger partial charge is 0.328 e. The molecule has 3 nitrogen and oxygen atoms in total. The number of para-hydroxylation sites is 1. The summed E-state index contributed by atoms with van der Waals surface area (Å²) in [5, 5.41) is 2.99. The molecule has 0 unspecified atom stereocenters. The summed E-state index contributed by atoms with van der Waals surface area (Å²) in [5.41, 5.74) is 7.80. The zero-order valence-electron chi connectivity index (χ0n) is 9.57. The van der Waals surface area contributed by atoms with Gasteiger partial charge < -0.3 is 11.1 Å². The Morgan fingerprint density at radius 2 is 2.12 bits per heavy atom. The molecule has 0 spiro atoms. The Balaban J connectivity index is 2.00. The molecule has 0 aromatic heterocycles. The van der Waals surface area contributed by atoms with E-state index in [1.165, 1.54) is 5.56 Å². The van der Waals surface area contributed by atoms with E-state index in [1.807, 2.05) is 24.3 Å². The van der Waals surface area contributed by atoms with Gasteiger partial charge in [0.1, 0.15) is 0 Å². The highest BCUT2D eigenvalue weighted by Gasteiger charge is 2.32. The smallest absolute Gasteiger partial charge is 0.227 e. The molecule has 0 saturated heterocycles. The second-order valence-corrected chi connectivity index (χ2v) is 4.43. The number of rotatable bonds is 3. The summed E-state index contributed by atoms with van der Waals surface area (Å²) in [6, 6.07) is 8.16. The van der Waals surface area contributed by atoms with Crippen molar-refractivity contribution < 1.29 is 4.79 Å². The molecule has 1 aromatic rings. The van der Waals surface area contributed by atoms with E-state index in [0.717, 1.165) is 24.9 Å². The first-order valence-electron chi connectivity index (χ1n) is 5.85. The Labute approximate surface area is 96.0 Å². The molecule has 3 heteroatoms. The van der Waals surface area contributed by atoms with Gasteiger partial charge >= 0.3 is 0 Å². The molecule has 0 heterocycles. The van der Waals surface area contributed by atoms with Gasteiger partial charge in [-0.05, 0) is 30.9 Å². The molecule has 1 aliphatic rings. The van der Waals surface area contributed by atoms with Crippen LogP contribution in [0.2, 0.25) is 0 Å². The van der Waals surface area contributed by atoms with Crippen LogP contribution in [0.15, 0.2) is 24.3 Å². The number of hydrogen-bond acceptors (Lipinski definition) is 2. The van der Waals surface area contributed by atoms with Crippen molar-refractivity contribution in [2.75, 3.05) is 5.32 Å². The third-order valence-corrected chi connectivity index (χ3v) is 3.20. The first-order valence-corrected chi connectivity index (χ1v) is 5.85. The van der Waals surface area contributed by atoms with Gasteiger partial charge in [0.2, 0.25) is 5.91 Å². The molecule has 3 N–H and O–H groups in total. The molecule has 0 aliphatic heterocycles. The van der Waals surface area contributed by atoms with Gasteiger partial charge in [-0.3, -0.25) is 4.79 Å². The second-order valence-electron chi connectivity index (χ2n) is 4.43. The van der Waals surface area contributed by atoms with E-state index < -0.39 is 0 Å². The van der Waals surface area contributed by atoms with Crippen LogP contribution in [0, 0.1) is 5.92 Å². The maximum absolute atomic E-state index is 11.8. The summed E-state index contributed by atoms with van der Waals surface area (Å²) >= 11 is 0. The first kappa shape index (κ1) is 11.1. The van der Waals surface area contributed by atoms with Crippen molar-refractivity contribution in [3.63, 3.8) is 0 Å². The third-order valence-electron chi connectivity index (χ3n) is 3.20. The number of carbonyl (C=O) groups is 1. The van der Waals surface area contributed by atoms with Crippen molar-refractivity contribution in [2.24, 2.45) is 11.7 Å². The lowest BCUT2D eigenvalue weighted by molar-refractivity contribution is -0.122. The maximum atomic E-state index is 11.8. The van der Waals surface area contributed by atoms with Crippen LogP contribution in [0.3, 0.4) is 0 Å². The molecule has 16 heavy (non-hydrogen) atoms. The van der Waals surface area contributed by atoms with Gasteiger partial charge in [0.15, 0.2) is 0 Å². The van der Waals surface area contributed by atoms with Gasteiger partial charge in [0, 0.05) is 17.6 Å². The Morgan fingerprint density at radius 1 is 1.44 bits per heavy atom. The highest BCUT2D eigenvalue weighted by Crippen LogP contribution is 2.27. The van der Waals surface area contributed by atoms with Crippen LogP contribution < -0.4 is 11.1 Å². The van der Waals surface area contributed by atoms with E-state index in [4.69, 9.17) is 5.73 Å². The van der Waals surface area contributed by atoms with Crippen LogP contribution >= 0.6 is 0 Å². The molecular formula is C13H18N2O. The topological polar surface area (TPSA) is 55.1 Å². The standard InChI is InChI=1S/C13H18N2O/c1-2-9-5-3-4-6-12(9)15-13(16)10-7-11(14)8-10/h3-6,10-11H,2,7-8,14H2,1H3,(H,15,16). The average molecular weight is 218 g/mol. The Bertz CT molecular complexity index is 383. The van der Waals surface area contributed by atoms with Crippen molar-refractivity contribution >= 4 is 11.6 Å². The first-order chi connectivity index (χ1) is 7.70. The van der Waals surface area contributed by atoms with Crippen molar-refractivity contribution in [3.8, 4) is 0 Å². The molecule has 0 atom stereocenters. The third kappa shape index (κ3) is 2.25. The second kappa shape index (κ2) is 4.66. The van der Waals surface area contributed by atoms with E-state index in [0.29, 0.717) is 0 Å². The molecule has 1 fully saturated rings. The normalized spacial score (nSPS) is 23.6. The van der Waals surface area contributed by atoms with Crippen LogP contribution in [0.5, 0.6) is 0 Å². The van der Waals surface area contributed by atoms with Crippen LogP contribution in [0.4, 0.5) is 5.69 Å². The Morgan fingerprint density at radius 3 is 2.75 bits per heavy atom. The summed E-state index contributed by atoms with van der Waals surface area (Å²) < 4.78 is 0. The van der Waals surface area contributed by atoms with Gasteiger partial charge in [-0.2, -0.15) is 0 Å². The minimum absolute atomic E-state index is 0.111. The quantitative estimate of drug-likeness (QED) is 0.814. The van der Waals surface area contributed by atoms with E-state index in [1.54, 1.807) is 0 Å². The molecular weight excluding hydrogens is 200 g/mol. The lowest BCUT2D eigenvalue weighted by atomic mass is 9.80. The van der Waals surface area contributed by atoms with Crippen molar-refractivity contribution in [3.05, 3.63) is 29.8 Å². The van der Waals surface area contributed by atoms with Gasteiger partial charge in [-0.1, -0.05) is 25.1 Å². The fraction of sp³-hybridized carbons (Fsp3) is 0.462. The predicted octanol–water partition coefficient (Wildman–Crippen LogP) is 1.92. The maximum Gasteiger partial charge on any atom is 0.227 e. The fourth-order valence-electron chi connectivity index (χ4n) is 2.06. The Kier molecular flexibility index (Phi) is 3.25. The summed E-state index contributed by atoms with van der Waals surface area (Å²) in [7, 11) is 0. The highest BCUT2D eigenvalue weighted by molar-refractivity contribution is 5.93. The Hall–Kier alpha value is -1.35. The summed E-state index contributed by atoms with van der Waals surface area (Å²) in [4.78, 5) is 11.8. The summed E-state index contributed by atoms with van der Waals surface area (Å²) in [6.07, 6.45) is 2.57. The van der Waals surface area contributed by atoms with Crippen molar-refractivity contribution in [2.45, 2.75) is 32.2 Å². The van der Waals surface area contributed by atoms with Gasteiger partial charge in [-0.25, -0.2) is 0 Å². The van der Waals surface area contributed by atoms with Crippen LogP contribution in [0.25, 0.3) is 0 Å². The minimum Gasteiger partial charge on any atom is -0.328 e. The number of nitrogens with one attached hydrogen (secondary N) is 1. The SMILES string of the molecule is CCc1ccccc1NC(=O)C1CC(N)C1. The molecule has 2 rings (SSSR count). The summed E-state index contributed by atoms with van der Waals surface area (Å²) in [5.74, 6) is 0.225. The van der Waals surface area contributed by atoms with E-state index in [-0.39, 0.29) is 17.9 Å². The van der Waals surface area contributed by atoms with Crippen LogP contribution in [0.1, 0.15) is 25.3 Å². The fourth-order valence-corrected chi connectivity index (χ4v) is 2.06. The minimum atomic E-state index is 0.111.